The Hall–Kier alpha value is -6.19. The Bertz CT molecular complexity index is 2510. The van der Waals surface area contributed by atoms with Gasteiger partial charge in [-0.15, -0.1) is 0 Å². The molecule has 0 aliphatic heterocycles. The highest BCUT2D eigenvalue weighted by molar-refractivity contribution is 6.10. The summed E-state index contributed by atoms with van der Waals surface area (Å²) in [5.41, 5.74) is 12.7. The zero-order valence-corrected chi connectivity index (χ0v) is 25.0. The lowest BCUT2D eigenvalue weighted by Gasteiger charge is -2.15. The summed E-state index contributed by atoms with van der Waals surface area (Å²) in [7, 11) is 0. The first kappa shape index (κ1) is 26.2. The van der Waals surface area contributed by atoms with Gasteiger partial charge < -0.3 is 4.42 Å². The van der Waals surface area contributed by atoms with Crippen LogP contribution in [0.4, 0.5) is 0 Å². The molecule has 0 fully saturated rings. The molecule has 46 heavy (non-hydrogen) atoms. The number of hydrogen-bond acceptors (Lipinski definition) is 2. The highest BCUT2D eigenvalue weighted by Gasteiger charge is 2.21. The van der Waals surface area contributed by atoms with Crippen molar-refractivity contribution in [2.24, 2.45) is 0 Å². The van der Waals surface area contributed by atoms with Gasteiger partial charge in [0.1, 0.15) is 17.0 Å². The summed E-state index contributed by atoms with van der Waals surface area (Å²) in [5, 5.41) is 2.17. The standard InChI is InChI=1S/C43H28N2O/c1-3-12-29(13-4-1)30-22-24-31(25-23-30)33-26-27-35-36-17-11-18-37(42(36)46-41(35)28-33)43-44-38-19-8-10-21-40(38)45(43)39-20-9-7-16-34(39)32-14-5-2-6-15-32/h1-28H. The largest absolute Gasteiger partial charge is 0.455 e. The van der Waals surface area contributed by atoms with Gasteiger partial charge in [-0.25, -0.2) is 4.98 Å². The van der Waals surface area contributed by atoms with Gasteiger partial charge >= 0.3 is 0 Å². The van der Waals surface area contributed by atoms with Crippen LogP contribution < -0.4 is 0 Å². The van der Waals surface area contributed by atoms with Crippen molar-refractivity contribution in [2.75, 3.05) is 0 Å². The van der Waals surface area contributed by atoms with E-state index in [1.165, 1.54) is 11.1 Å². The Morgan fingerprint density at radius 3 is 1.85 bits per heavy atom. The lowest BCUT2D eigenvalue weighted by atomic mass is 9.99. The van der Waals surface area contributed by atoms with Gasteiger partial charge in [0.2, 0.25) is 0 Å². The fraction of sp³-hybridized carbons (Fsp3) is 0. The molecular formula is C43H28N2O. The van der Waals surface area contributed by atoms with E-state index in [1.54, 1.807) is 0 Å². The fourth-order valence-corrected chi connectivity index (χ4v) is 6.62. The second kappa shape index (κ2) is 10.8. The first-order valence-electron chi connectivity index (χ1n) is 15.6. The summed E-state index contributed by atoms with van der Waals surface area (Å²) >= 11 is 0. The van der Waals surface area contributed by atoms with Crippen LogP contribution in [-0.4, -0.2) is 9.55 Å². The predicted molar refractivity (Wildman–Crippen MR) is 190 cm³/mol. The van der Waals surface area contributed by atoms with Gasteiger partial charge in [-0.1, -0.05) is 133 Å². The third kappa shape index (κ3) is 4.33. The zero-order chi connectivity index (χ0) is 30.5. The number of rotatable bonds is 5. The highest BCUT2D eigenvalue weighted by Crippen LogP contribution is 2.40. The minimum Gasteiger partial charge on any atom is -0.455 e. The van der Waals surface area contributed by atoms with Crippen LogP contribution >= 0.6 is 0 Å². The Morgan fingerprint density at radius 1 is 0.435 bits per heavy atom. The molecule has 7 aromatic carbocycles. The molecule has 0 aliphatic rings. The maximum atomic E-state index is 6.74. The summed E-state index contributed by atoms with van der Waals surface area (Å²) in [5.74, 6) is 0.853. The molecule has 9 rings (SSSR count). The average molecular weight is 589 g/mol. The zero-order valence-electron chi connectivity index (χ0n) is 25.0. The summed E-state index contributed by atoms with van der Waals surface area (Å²) in [6, 6.07) is 59.5. The van der Waals surface area contributed by atoms with Crippen molar-refractivity contribution in [3.05, 3.63) is 170 Å². The van der Waals surface area contributed by atoms with Gasteiger partial charge in [0.05, 0.1) is 22.3 Å². The molecule has 0 N–H and O–H groups in total. The molecule has 0 spiro atoms. The summed E-state index contributed by atoms with van der Waals surface area (Å²) < 4.78 is 9.02. The van der Waals surface area contributed by atoms with Crippen LogP contribution in [0.15, 0.2) is 174 Å². The van der Waals surface area contributed by atoms with Gasteiger partial charge in [0.25, 0.3) is 0 Å². The van der Waals surface area contributed by atoms with Gasteiger partial charge in [-0.3, -0.25) is 4.57 Å². The first-order chi connectivity index (χ1) is 22.8. The van der Waals surface area contributed by atoms with Gasteiger partial charge in [-0.05, 0) is 64.2 Å². The summed E-state index contributed by atoms with van der Waals surface area (Å²) in [6.45, 7) is 0. The molecule has 0 unspecified atom stereocenters. The Labute approximate surface area is 266 Å². The molecule has 9 aromatic rings. The van der Waals surface area contributed by atoms with E-state index in [0.29, 0.717) is 0 Å². The third-order valence-electron chi connectivity index (χ3n) is 8.86. The molecule has 0 aliphatic carbocycles. The van der Waals surface area contributed by atoms with Gasteiger partial charge in [0, 0.05) is 16.3 Å². The number of imidazole rings is 1. The third-order valence-corrected chi connectivity index (χ3v) is 8.86. The van der Waals surface area contributed by atoms with E-state index in [9.17, 15) is 0 Å². The van der Waals surface area contributed by atoms with Crippen LogP contribution in [0.25, 0.3) is 83.4 Å². The van der Waals surface area contributed by atoms with E-state index in [0.717, 1.165) is 72.3 Å². The van der Waals surface area contributed by atoms with Crippen LogP contribution in [0.2, 0.25) is 0 Å². The SMILES string of the molecule is c1ccc(-c2ccc(-c3ccc4c(c3)oc3c(-c5nc6ccccc6n5-c5ccccc5-c5ccccc5)cccc34)cc2)cc1. The van der Waals surface area contributed by atoms with Crippen LogP contribution in [0.5, 0.6) is 0 Å². The number of benzene rings is 7. The lowest BCUT2D eigenvalue weighted by molar-refractivity contribution is 0.669. The van der Waals surface area contributed by atoms with Crippen LogP contribution in [0, 0.1) is 0 Å². The molecule has 3 nitrogen and oxygen atoms in total. The topological polar surface area (TPSA) is 31.0 Å². The van der Waals surface area contributed by atoms with E-state index in [1.807, 2.05) is 12.1 Å². The van der Waals surface area contributed by atoms with E-state index in [-0.39, 0.29) is 0 Å². The highest BCUT2D eigenvalue weighted by atomic mass is 16.3. The second-order valence-corrected chi connectivity index (χ2v) is 11.6. The van der Waals surface area contributed by atoms with Crippen LogP contribution in [-0.2, 0) is 0 Å². The molecule has 0 amide bonds. The molecule has 0 saturated carbocycles. The van der Waals surface area contributed by atoms with Crippen molar-refractivity contribution < 1.29 is 4.42 Å². The van der Waals surface area contributed by atoms with Crippen molar-refractivity contribution in [3.63, 3.8) is 0 Å². The van der Waals surface area contributed by atoms with E-state index in [2.05, 4.69) is 162 Å². The monoisotopic (exact) mass is 588 g/mol. The van der Waals surface area contributed by atoms with Crippen LogP contribution in [0.1, 0.15) is 0 Å². The first-order valence-corrected chi connectivity index (χ1v) is 15.6. The molecule has 0 bridgehead atoms. The normalized spacial score (nSPS) is 11.5. The molecule has 0 saturated heterocycles. The van der Waals surface area contributed by atoms with E-state index < -0.39 is 0 Å². The average Bonchev–Trinajstić information content (AvgIpc) is 3.71. The number of para-hydroxylation sites is 4. The number of fused-ring (bicyclic) bond motifs is 4. The van der Waals surface area contributed by atoms with E-state index in [4.69, 9.17) is 9.40 Å². The van der Waals surface area contributed by atoms with Crippen molar-refractivity contribution in [1.29, 1.82) is 0 Å². The van der Waals surface area contributed by atoms with E-state index >= 15 is 0 Å². The molecule has 2 aromatic heterocycles. The maximum Gasteiger partial charge on any atom is 0.149 e. The summed E-state index contributed by atoms with van der Waals surface area (Å²) in [4.78, 5) is 5.22. The molecule has 0 radical (unpaired) electrons. The number of hydrogen-bond donors (Lipinski definition) is 0. The Morgan fingerprint density at radius 2 is 1.04 bits per heavy atom. The van der Waals surface area contributed by atoms with Crippen molar-refractivity contribution in [1.82, 2.24) is 9.55 Å². The maximum absolute atomic E-state index is 6.74. The van der Waals surface area contributed by atoms with Gasteiger partial charge in [0.15, 0.2) is 0 Å². The fourth-order valence-electron chi connectivity index (χ4n) is 6.62. The number of aromatic nitrogens is 2. The number of furan rings is 1. The molecule has 0 atom stereocenters. The summed E-state index contributed by atoms with van der Waals surface area (Å²) in [6.07, 6.45) is 0. The van der Waals surface area contributed by atoms with Gasteiger partial charge in [-0.2, -0.15) is 0 Å². The smallest absolute Gasteiger partial charge is 0.149 e. The molecule has 2 heterocycles. The minimum atomic E-state index is 0.836. The Kier molecular flexibility index (Phi) is 6.14. The molecular weight excluding hydrogens is 560 g/mol. The predicted octanol–water partition coefficient (Wildman–Crippen LogP) is 11.6. The second-order valence-electron chi connectivity index (χ2n) is 11.6. The van der Waals surface area contributed by atoms with Crippen molar-refractivity contribution >= 4 is 33.0 Å². The lowest BCUT2D eigenvalue weighted by Crippen LogP contribution is -2.00. The number of nitrogens with zero attached hydrogens (tertiary/aromatic N) is 2. The molecule has 3 heteroatoms. The van der Waals surface area contributed by atoms with Crippen molar-refractivity contribution in [3.8, 4) is 50.5 Å². The quantitative estimate of drug-likeness (QED) is 0.200. The minimum absolute atomic E-state index is 0.836. The van der Waals surface area contributed by atoms with Crippen molar-refractivity contribution in [2.45, 2.75) is 0 Å². The van der Waals surface area contributed by atoms with Crippen LogP contribution in [0.3, 0.4) is 0 Å². The molecule has 216 valence electrons. The Balaban J connectivity index is 1.21.